The molecule has 0 aromatic carbocycles. The minimum atomic E-state index is 0.401. The van der Waals surface area contributed by atoms with Crippen LogP contribution in [0, 0.1) is 0 Å². The minimum Gasteiger partial charge on any atom is -0.374 e. The van der Waals surface area contributed by atoms with Gasteiger partial charge in [0.2, 0.25) is 0 Å². The maximum atomic E-state index is 5.73. The van der Waals surface area contributed by atoms with Crippen LogP contribution in [0.4, 0.5) is 0 Å². The first-order valence-corrected chi connectivity index (χ1v) is 7.11. The van der Waals surface area contributed by atoms with Crippen molar-refractivity contribution < 1.29 is 4.74 Å². The number of hydrogen-bond donors (Lipinski definition) is 1. The number of likely N-dealkylation sites (N-methyl/N-ethyl adjacent to an activating group) is 1. The molecule has 2 fully saturated rings. The quantitative estimate of drug-likeness (QED) is 0.775. The van der Waals surface area contributed by atoms with Gasteiger partial charge in [0.05, 0.1) is 12.7 Å². The van der Waals surface area contributed by atoms with Gasteiger partial charge in [-0.3, -0.25) is 0 Å². The molecule has 1 N–H and O–H groups in total. The number of morpholine rings is 1. The van der Waals surface area contributed by atoms with E-state index >= 15 is 0 Å². The van der Waals surface area contributed by atoms with Crippen molar-refractivity contribution in [3.63, 3.8) is 0 Å². The fourth-order valence-electron chi connectivity index (χ4n) is 2.19. The van der Waals surface area contributed by atoms with E-state index < -0.39 is 0 Å². The minimum absolute atomic E-state index is 0.401. The molecule has 2 aliphatic rings. The van der Waals surface area contributed by atoms with E-state index in [0.717, 1.165) is 32.3 Å². The topological polar surface area (TPSA) is 24.5 Å². The summed E-state index contributed by atoms with van der Waals surface area (Å²) in [4.78, 5) is 2.35. The van der Waals surface area contributed by atoms with Crippen molar-refractivity contribution in [2.45, 2.75) is 25.0 Å². The lowest BCUT2D eigenvalue weighted by molar-refractivity contribution is -0.0193. The van der Waals surface area contributed by atoms with Crippen LogP contribution in [0.5, 0.6) is 0 Å². The summed E-state index contributed by atoms with van der Waals surface area (Å²) in [6, 6.07) is 0.738. The summed E-state index contributed by atoms with van der Waals surface area (Å²) in [6.45, 7) is 4.08. The Balaban J connectivity index is 1.63. The van der Waals surface area contributed by atoms with E-state index in [1.165, 1.54) is 24.3 Å². The molecule has 0 aromatic heterocycles. The Labute approximate surface area is 96.9 Å². The monoisotopic (exact) mass is 230 g/mol. The molecule has 0 radical (unpaired) electrons. The Morgan fingerprint density at radius 2 is 2.20 bits per heavy atom. The normalized spacial score (nSPS) is 30.6. The fraction of sp³-hybridized carbons (Fsp3) is 1.00. The second kappa shape index (κ2) is 6.09. The Hall–Kier alpha value is 0.230. The van der Waals surface area contributed by atoms with Crippen LogP contribution < -0.4 is 5.32 Å². The maximum absolute atomic E-state index is 5.73. The maximum Gasteiger partial charge on any atom is 0.0826 e. The number of rotatable bonds is 3. The van der Waals surface area contributed by atoms with Gasteiger partial charge in [-0.25, -0.2) is 0 Å². The van der Waals surface area contributed by atoms with E-state index in [2.05, 4.69) is 29.0 Å². The summed E-state index contributed by atoms with van der Waals surface area (Å²) in [5.41, 5.74) is 0. The van der Waals surface area contributed by atoms with Crippen molar-refractivity contribution in [3.8, 4) is 0 Å². The molecule has 1 unspecified atom stereocenters. The lowest BCUT2D eigenvalue weighted by Gasteiger charge is -2.32. The standard InChI is InChI=1S/C11H22N2OS/c1-13-4-5-14-11(9-13)8-12-10-2-6-15-7-3-10/h10-12H,2-9H2,1H3. The Morgan fingerprint density at radius 1 is 1.40 bits per heavy atom. The van der Waals surface area contributed by atoms with Crippen LogP contribution in [0.1, 0.15) is 12.8 Å². The summed E-state index contributed by atoms with van der Waals surface area (Å²) in [5.74, 6) is 2.65. The molecule has 0 spiro atoms. The van der Waals surface area contributed by atoms with Crippen molar-refractivity contribution in [1.82, 2.24) is 10.2 Å². The van der Waals surface area contributed by atoms with Gasteiger partial charge < -0.3 is 15.0 Å². The smallest absolute Gasteiger partial charge is 0.0826 e. The van der Waals surface area contributed by atoms with Crippen molar-refractivity contribution in [2.24, 2.45) is 0 Å². The molecule has 88 valence electrons. The highest BCUT2D eigenvalue weighted by atomic mass is 32.2. The Kier molecular flexibility index (Phi) is 4.75. The van der Waals surface area contributed by atoms with Gasteiger partial charge >= 0.3 is 0 Å². The molecule has 0 amide bonds. The van der Waals surface area contributed by atoms with Crippen LogP contribution >= 0.6 is 11.8 Å². The van der Waals surface area contributed by atoms with Crippen LogP contribution in [0.2, 0.25) is 0 Å². The molecule has 0 saturated carbocycles. The van der Waals surface area contributed by atoms with Crippen molar-refractivity contribution in [2.75, 3.05) is 44.8 Å². The average Bonchev–Trinajstić information content (AvgIpc) is 2.28. The van der Waals surface area contributed by atoms with Gasteiger partial charge in [-0.15, -0.1) is 0 Å². The molecule has 15 heavy (non-hydrogen) atoms. The Bertz CT molecular complexity index is 185. The van der Waals surface area contributed by atoms with E-state index in [0.29, 0.717) is 6.10 Å². The third-order valence-corrected chi connectivity index (χ3v) is 4.25. The zero-order chi connectivity index (χ0) is 10.5. The van der Waals surface area contributed by atoms with Gasteiger partial charge in [0.1, 0.15) is 0 Å². The highest BCUT2D eigenvalue weighted by molar-refractivity contribution is 7.99. The predicted octanol–water partition coefficient (Wildman–Crippen LogP) is 0.802. The molecule has 0 bridgehead atoms. The second-order valence-corrected chi connectivity index (χ2v) is 5.77. The van der Waals surface area contributed by atoms with Crippen LogP contribution in [0.25, 0.3) is 0 Å². The van der Waals surface area contributed by atoms with Gasteiger partial charge in [0, 0.05) is 25.7 Å². The molecule has 2 saturated heterocycles. The lowest BCUT2D eigenvalue weighted by atomic mass is 10.1. The molecule has 1 atom stereocenters. The summed E-state index contributed by atoms with van der Waals surface area (Å²) >= 11 is 2.08. The average molecular weight is 230 g/mol. The molecular weight excluding hydrogens is 208 g/mol. The molecule has 0 aliphatic carbocycles. The second-order valence-electron chi connectivity index (χ2n) is 4.55. The van der Waals surface area contributed by atoms with Crippen LogP contribution in [-0.4, -0.2) is 61.8 Å². The molecule has 4 heteroatoms. The van der Waals surface area contributed by atoms with E-state index in [1.54, 1.807) is 0 Å². The zero-order valence-electron chi connectivity index (χ0n) is 9.58. The first kappa shape index (κ1) is 11.7. The summed E-state index contributed by atoms with van der Waals surface area (Å²) < 4.78 is 5.73. The highest BCUT2D eigenvalue weighted by Crippen LogP contribution is 2.17. The van der Waals surface area contributed by atoms with Gasteiger partial charge in [-0.1, -0.05) is 0 Å². The number of nitrogens with one attached hydrogen (secondary N) is 1. The lowest BCUT2D eigenvalue weighted by Crippen LogP contribution is -2.47. The van der Waals surface area contributed by atoms with Gasteiger partial charge in [0.25, 0.3) is 0 Å². The SMILES string of the molecule is CN1CCOC(CNC2CCSCC2)C1. The highest BCUT2D eigenvalue weighted by Gasteiger charge is 2.19. The fourth-order valence-corrected chi connectivity index (χ4v) is 3.30. The van der Waals surface area contributed by atoms with Crippen molar-refractivity contribution in [1.29, 1.82) is 0 Å². The van der Waals surface area contributed by atoms with E-state index in [-0.39, 0.29) is 0 Å². The predicted molar refractivity (Wildman–Crippen MR) is 65.6 cm³/mol. The molecule has 3 nitrogen and oxygen atoms in total. The summed E-state index contributed by atoms with van der Waals surface area (Å²) in [6.07, 6.45) is 3.05. The number of thioether (sulfide) groups is 1. The molecule has 2 aliphatic heterocycles. The molecule has 2 rings (SSSR count). The van der Waals surface area contributed by atoms with Crippen molar-refractivity contribution >= 4 is 11.8 Å². The number of ether oxygens (including phenoxy) is 1. The van der Waals surface area contributed by atoms with Crippen LogP contribution in [-0.2, 0) is 4.74 Å². The molecule has 0 aromatic rings. The van der Waals surface area contributed by atoms with Crippen LogP contribution in [0.3, 0.4) is 0 Å². The third kappa shape index (κ3) is 3.94. The van der Waals surface area contributed by atoms with E-state index in [9.17, 15) is 0 Å². The number of nitrogens with zero attached hydrogens (tertiary/aromatic N) is 1. The largest absolute Gasteiger partial charge is 0.374 e. The zero-order valence-corrected chi connectivity index (χ0v) is 10.4. The Morgan fingerprint density at radius 3 is 2.93 bits per heavy atom. The first-order chi connectivity index (χ1) is 7.34. The van der Waals surface area contributed by atoms with Gasteiger partial charge in [0.15, 0.2) is 0 Å². The molecule has 2 heterocycles. The molecular formula is C11H22N2OS. The van der Waals surface area contributed by atoms with Gasteiger partial charge in [-0.05, 0) is 31.4 Å². The summed E-state index contributed by atoms with van der Waals surface area (Å²) in [7, 11) is 2.17. The van der Waals surface area contributed by atoms with E-state index in [4.69, 9.17) is 4.74 Å². The van der Waals surface area contributed by atoms with E-state index in [1.807, 2.05) is 0 Å². The van der Waals surface area contributed by atoms with Gasteiger partial charge in [-0.2, -0.15) is 11.8 Å². The van der Waals surface area contributed by atoms with Crippen LogP contribution in [0.15, 0.2) is 0 Å². The number of hydrogen-bond acceptors (Lipinski definition) is 4. The third-order valence-electron chi connectivity index (χ3n) is 3.20. The van der Waals surface area contributed by atoms with Crippen molar-refractivity contribution in [3.05, 3.63) is 0 Å². The summed E-state index contributed by atoms with van der Waals surface area (Å²) in [5, 5.41) is 3.65. The first-order valence-electron chi connectivity index (χ1n) is 5.96.